The standard InChI is InChI=1S/C17H22N4O.2H2/c1-10-19-15(13-6-4-5-7-21(10)13)17(2,3)20-16(22)14-11-8-18-9-12(11)14;;/h4-7,11-12,14,18H,8-9H2,1-3H3,(H,20,22);2*1H/t11-,12+,14?;;. The van der Waals surface area contributed by atoms with Crippen molar-refractivity contribution in [2.75, 3.05) is 13.1 Å². The van der Waals surface area contributed by atoms with Crippen LogP contribution in [0.15, 0.2) is 24.4 Å². The molecule has 3 heterocycles. The molecule has 120 valence electrons. The van der Waals surface area contributed by atoms with Crippen LogP contribution in [0.4, 0.5) is 0 Å². The highest BCUT2D eigenvalue weighted by Gasteiger charge is 2.57. The van der Waals surface area contributed by atoms with Crippen LogP contribution in [0.1, 0.15) is 28.2 Å². The molecule has 2 fully saturated rings. The van der Waals surface area contributed by atoms with Crippen LogP contribution in [0, 0.1) is 24.7 Å². The number of amides is 1. The van der Waals surface area contributed by atoms with Crippen LogP contribution in [0.3, 0.4) is 0 Å². The molecule has 1 aliphatic heterocycles. The Morgan fingerprint density at radius 3 is 2.86 bits per heavy atom. The van der Waals surface area contributed by atoms with Gasteiger partial charge in [-0.25, -0.2) is 4.98 Å². The van der Waals surface area contributed by atoms with Gasteiger partial charge in [0.25, 0.3) is 0 Å². The van der Waals surface area contributed by atoms with Gasteiger partial charge in [-0.2, -0.15) is 0 Å². The number of hydrogen-bond donors (Lipinski definition) is 2. The van der Waals surface area contributed by atoms with Crippen molar-refractivity contribution in [3.63, 3.8) is 0 Å². The Balaban J connectivity index is 0.00000104. The Hall–Kier alpha value is -1.88. The Bertz CT molecular complexity index is 748. The topological polar surface area (TPSA) is 58.4 Å². The van der Waals surface area contributed by atoms with Crippen molar-refractivity contribution >= 4 is 11.4 Å². The normalized spacial score (nSPS) is 27.0. The van der Waals surface area contributed by atoms with E-state index in [1.54, 1.807) is 0 Å². The predicted molar refractivity (Wildman–Crippen MR) is 88.7 cm³/mol. The lowest BCUT2D eigenvalue weighted by molar-refractivity contribution is -0.124. The molecule has 3 atom stereocenters. The smallest absolute Gasteiger partial charge is 0.224 e. The first-order valence-electron chi connectivity index (χ1n) is 7.96. The monoisotopic (exact) mass is 302 g/mol. The molecule has 1 unspecified atom stereocenters. The molecule has 0 bridgehead atoms. The van der Waals surface area contributed by atoms with Gasteiger partial charge in [0.15, 0.2) is 0 Å². The minimum atomic E-state index is -0.470. The third-order valence-corrected chi connectivity index (χ3v) is 5.15. The lowest BCUT2D eigenvalue weighted by atomic mass is 9.98. The van der Waals surface area contributed by atoms with E-state index in [1.807, 2.05) is 39.1 Å². The largest absolute Gasteiger partial charge is 0.345 e. The molecular formula is C17H26N4O. The van der Waals surface area contributed by atoms with Crippen LogP contribution >= 0.6 is 0 Å². The fourth-order valence-electron chi connectivity index (χ4n) is 3.91. The molecular weight excluding hydrogens is 276 g/mol. The Kier molecular flexibility index (Phi) is 2.85. The van der Waals surface area contributed by atoms with Crippen LogP contribution in [-0.4, -0.2) is 28.4 Å². The third-order valence-electron chi connectivity index (χ3n) is 5.15. The number of piperidine rings is 1. The third kappa shape index (κ3) is 1.96. The van der Waals surface area contributed by atoms with Crippen LogP contribution in [-0.2, 0) is 10.3 Å². The van der Waals surface area contributed by atoms with E-state index in [-0.39, 0.29) is 14.7 Å². The van der Waals surface area contributed by atoms with E-state index in [9.17, 15) is 4.79 Å². The molecule has 4 rings (SSSR count). The van der Waals surface area contributed by atoms with Gasteiger partial charge < -0.3 is 15.0 Å². The van der Waals surface area contributed by atoms with Gasteiger partial charge in [0.1, 0.15) is 5.82 Å². The van der Waals surface area contributed by atoms with E-state index in [2.05, 4.69) is 21.1 Å². The van der Waals surface area contributed by atoms with Crippen molar-refractivity contribution in [3.05, 3.63) is 35.9 Å². The lowest BCUT2D eigenvalue weighted by Crippen LogP contribution is -2.43. The van der Waals surface area contributed by atoms with Gasteiger partial charge in [0, 0.05) is 15.0 Å². The lowest BCUT2D eigenvalue weighted by Gasteiger charge is -2.25. The summed E-state index contributed by atoms with van der Waals surface area (Å²) in [5.74, 6) is 2.39. The van der Waals surface area contributed by atoms with Crippen LogP contribution in [0.25, 0.3) is 5.52 Å². The zero-order valence-corrected chi connectivity index (χ0v) is 13.3. The van der Waals surface area contributed by atoms with E-state index in [0.717, 1.165) is 30.1 Å². The fourth-order valence-corrected chi connectivity index (χ4v) is 3.91. The fraction of sp³-hybridized carbons (Fsp3) is 0.529. The van der Waals surface area contributed by atoms with Crippen LogP contribution in [0.2, 0.25) is 0 Å². The molecule has 1 aliphatic carbocycles. The molecule has 1 saturated heterocycles. The quantitative estimate of drug-likeness (QED) is 0.911. The average Bonchev–Trinajstić information content (AvgIpc) is 2.82. The predicted octanol–water partition coefficient (Wildman–Crippen LogP) is 1.95. The van der Waals surface area contributed by atoms with Crippen molar-refractivity contribution in [1.29, 1.82) is 0 Å². The summed E-state index contributed by atoms with van der Waals surface area (Å²) in [6.45, 7) is 8.03. The minimum absolute atomic E-state index is 0. The first kappa shape index (κ1) is 13.8. The second-order valence-electron chi connectivity index (χ2n) is 7.09. The molecule has 2 aromatic heterocycles. The van der Waals surface area contributed by atoms with E-state index in [0.29, 0.717) is 11.8 Å². The number of aryl methyl sites for hydroxylation is 1. The summed E-state index contributed by atoms with van der Waals surface area (Å²) in [6.07, 6.45) is 2.01. The van der Waals surface area contributed by atoms with Crippen molar-refractivity contribution < 1.29 is 7.65 Å². The number of fused-ring (bicyclic) bond motifs is 2. The summed E-state index contributed by atoms with van der Waals surface area (Å²) in [7, 11) is 0. The molecule has 5 nitrogen and oxygen atoms in total. The molecule has 1 saturated carbocycles. The molecule has 0 radical (unpaired) electrons. The number of imidazole rings is 1. The van der Waals surface area contributed by atoms with Crippen molar-refractivity contribution in [3.8, 4) is 0 Å². The molecule has 0 aromatic carbocycles. The first-order valence-corrected chi connectivity index (χ1v) is 7.96. The SMILES string of the molecule is Cc1nc(C(C)(C)NC(=O)C2[C@H]3CNC[C@@H]23)c2ccccn12.[HH].[HH]. The van der Waals surface area contributed by atoms with Gasteiger partial charge in [0.2, 0.25) is 5.91 Å². The summed E-state index contributed by atoms with van der Waals surface area (Å²) in [5, 5.41) is 6.56. The summed E-state index contributed by atoms with van der Waals surface area (Å²) in [6, 6.07) is 6.06. The summed E-state index contributed by atoms with van der Waals surface area (Å²) >= 11 is 0. The highest BCUT2D eigenvalue weighted by atomic mass is 16.2. The number of rotatable bonds is 3. The number of nitrogens with one attached hydrogen (secondary N) is 2. The molecule has 1 amide bonds. The highest BCUT2D eigenvalue weighted by molar-refractivity contribution is 5.83. The van der Waals surface area contributed by atoms with Crippen LogP contribution in [0.5, 0.6) is 0 Å². The number of nitrogens with zero attached hydrogens (tertiary/aromatic N) is 2. The molecule has 0 spiro atoms. The van der Waals surface area contributed by atoms with Gasteiger partial charge >= 0.3 is 0 Å². The maximum atomic E-state index is 12.6. The number of aromatic nitrogens is 2. The molecule has 2 N–H and O–H groups in total. The summed E-state index contributed by atoms with van der Waals surface area (Å²) in [5.41, 5.74) is 1.52. The minimum Gasteiger partial charge on any atom is -0.345 e. The molecule has 2 aromatic rings. The van der Waals surface area contributed by atoms with E-state index < -0.39 is 5.54 Å². The second-order valence-corrected chi connectivity index (χ2v) is 7.09. The molecule has 5 heteroatoms. The van der Waals surface area contributed by atoms with Gasteiger partial charge in [-0.1, -0.05) is 6.07 Å². The van der Waals surface area contributed by atoms with E-state index in [4.69, 9.17) is 4.98 Å². The Morgan fingerprint density at radius 1 is 1.41 bits per heavy atom. The second kappa shape index (κ2) is 4.56. The van der Waals surface area contributed by atoms with Gasteiger partial charge in [-0.05, 0) is 57.8 Å². The Labute approximate surface area is 133 Å². The highest BCUT2D eigenvalue weighted by Crippen LogP contribution is 2.49. The number of hydrogen-bond acceptors (Lipinski definition) is 3. The summed E-state index contributed by atoms with van der Waals surface area (Å²) in [4.78, 5) is 17.3. The van der Waals surface area contributed by atoms with Gasteiger partial charge in [-0.3, -0.25) is 4.79 Å². The number of pyridine rings is 1. The zero-order valence-electron chi connectivity index (χ0n) is 13.3. The van der Waals surface area contributed by atoms with E-state index >= 15 is 0 Å². The van der Waals surface area contributed by atoms with Gasteiger partial charge in [0.05, 0.1) is 16.7 Å². The average molecular weight is 302 g/mol. The zero-order chi connectivity index (χ0) is 15.5. The van der Waals surface area contributed by atoms with Crippen LogP contribution < -0.4 is 10.6 Å². The molecule has 2 aliphatic rings. The maximum Gasteiger partial charge on any atom is 0.224 e. The first-order chi connectivity index (χ1) is 10.5. The van der Waals surface area contributed by atoms with Crippen molar-refractivity contribution in [2.45, 2.75) is 26.3 Å². The maximum absolute atomic E-state index is 12.6. The molecule has 22 heavy (non-hydrogen) atoms. The van der Waals surface area contributed by atoms with E-state index in [1.165, 1.54) is 0 Å². The van der Waals surface area contributed by atoms with Crippen molar-refractivity contribution in [2.24, 2.45) is 17.8 Å². The summed E-state index contributed by atoms with van der Waals surface area (Å²) < 4.78 is 2.07. The number of carbonyl (C=O) groups excluding carboxylic acids is 1. The van der Waals surface area contributed by atoms with Crippen molar-refractivity contribution in [1.82, 2.24) is 20.0 Å². The number of carbonyl (C=O) groups is 1. The Morgan fingerprint density at radius 2 is 2.14 bits per heavy atom. The van der Waals surface area contributed by atoms with Gasteiger partial charge in [-0.15, -0.1) is 0 Å².